The lowest BCUT2D eigenvalue weighted by atomic mass is 9.84. The maximum absolute atomic E-state index is 6.22. The summed E-state index contributed by atoms with van der Waals surface area (Å²) in [6, 6.07) is 11.0. The van der Waals surface area contributed by atoms with Crippen LogP contribution in [0.25, 0.3) is 10.9 Å². The van der Waals surface area contributed by atoms with Crippen molar-refractivity contribution >= 4 is 10.9 Å². The van der Waals surface area contributed by atoms with E-state index in [1.54, 1.807) is 0 Å². The number of pyridine rings is 1. The normalized spacial score (nSPS) is 25.8. The minimum absolute atomic E-state index is 0.674. The quantitative estimate of drug-likeness (QED) is 0.859. The number of hydrogen-bond acceptors (Lipinski definition) is 3. The molecular weight excluding hydrogens is 272 g/mol. The molecule has 2 fully saturated rings. The Bertz CT molecular complexity index is 635. The average molecular weight is 296 g/mol. The highest BCUT2D eigenvalue weighted by Crippen LogP contribution is 2.32. The van der Waals surface area contributed by atoms with Gasteiger partial charge < -0.3 is 4.74 Å². The Balaban J connectivity index is 1.49. The molecule has 1 aromatic heterocycles. The van der Waals surface area contributed by atoms with Gasteiger partial charge in [-0.15, -0.1) is 0 Å². The third-order valence-electron chi connectivity index (χ3n) is 5.28. The van der Waals surface area contributed by atoms with E-state index in [0.717, 1.165) is 29.3 Å². The van der Waals surface area contributed by atoms with E-state index in [-0.39, 0.29) is 0 Å². The lowest BCUT2D eigenvalue weighted by Crippen LogP contribution is -2.49. The second kappa shape index (κ2) is 6.25. The van der Waals surface area contributed by atoms with Gasteiger partial charge in [-0.25, -0.2) is 0 Å². The molecule has 0 spiro atoms. The van der Waals surface area contributed by atoms with Crippen LogP contribution in [-0.4, -0.2) is 35.6 Å². The summed E-state index contributed by atoms with van der Waals surface area (Å²) in [5.74, 6) is 1.61. The molecule has 0 radical (unpaired) electrons. The summed E-state index contributed by atoms with van der Waals surface area (Å²) in [7, 11) is 0. The molecule has 0 bridgehead atoms. The third kappa shape index (κ3) is 2.70. The van der Waals surface area contributed by atoms with Crippen molar-refractivity contribution in [1.29, 1.82) is 0 Å². The van der Waals surface area contributed by atoms with Crippen molar-refractivity contribution in [3.05, 3.63) is 36.5 Å². The second-order valence-electron chi connectivity index (χ2n) is 6.64. The summed E-state index contributed by atoms with van der Waals surface area (Å²) in [5.41, 5.74) is 0.987. The highest BCUT2D eigenvalue weighted by molar-refractivity contribution is 5.84. The van der Waals surface area contributed by atoms with Crippen LogP contribution in [0.4, 0.5) is 0 Å². The van der Waals surface area contributed by atoms with Crippen molar-refractivity contribution in [2.24, 2.45) is 5.92 Å². The summed E-state index contributed by atoms with van der Waals surface area (Å²) in [5, 5.41) is 1.16. The molecule has 3 nitrogen and oxygen atoms in total. The molecule has 0 N–H and O–H groups in total. The molecule has 4 rings (SSSR count). The average Bonchev–Trinajstić information content (AvgIpc) is 2.60. The molecule has 0 unspecified atom stereocenters. The van der Waals surface area contributed by atoms with Crippen molar-refractivity contribution in [3.63, 3.8) is 0 Å². The van der Waals surface area contributed by atoms with E-state index in [9.17, 15) is 0 Å². The Kier molecular flexibility index (Phi) is 3.98. The Labute approximate surface area is 132 Å². The molecule has 2 aliphatic heterocycles. The molecular formula is C19H24N2O. The highest BCUT2D eigenvalue weighted by Gasteiger charge is 2.33. The zero-order chi connectivity index (χ0) is 14.8. The van der Waals surface area contributed by atoms with Gasteiger partial charge in [-0.1, -0.05) is 24.6 Å². The van der Waals surface area contributed by atoms with Gasteiger partial charge in [0.15, 0.2) is 0 Å². The maximum Gasteiger partial charge on any atom is 0.145 e. The molecule has 0 saturated carbocycles. The van der Waals surface area contributed by atoms with Crippen molar-refractivity contribution in [1.82, 2.24) is 9.88 Å². The van der Waals surface area contributed by atoms with E-state index in [1.807, 2.05) is 12.3 Å². The Morgan fingerprint density at radius 3 is 2.95 bits per heavy atom. The number of hydrogen-bond donors (Lipinski definition) is 0. The van der Waals surface area contributed by atoms with Gasteiger partial charge >= 0.3 is 0 Å². The first-order valence-electron chi connectivity index (χ1n) is 8.62. The predicted molar refractivity (Wildman–Crippen MR) is 89.2 cm³/mol. The molecule has 1 aromatic carbocycles. The zero-order valence-electron chi connectivity index (χ0n) is 13.1. The van der Waals surface area contributed by atoms with Crippen LogP contribution in [0.2, 0.25) is 0 Å². The lowest BCUT2D eigenvalue weighted by Gasteiger charge is -2.44. The van der Waals surface area contributed by atoms with E-state index >= 15 is 0 Å². The number of piperidine rings is 2. The molecule has 2 saturated heterocycles. The van der Waals surface area contributed by atoms with E-state index in [0.29, 0.717) is 5.92 Å². The Morgan fingerprint density at radius 1 is 1.05 bits per heavy atom. The minimum atomic E-state index is 0.674. The maximum atomic E-state index is 6.22. The van der Waals surface area contributed by atoms with Crippen LogP contribution in [0.15, 0.2) is 36.5 Å². The number of benzene rings is 1. The van der Waals surface area contributed by atoms with Crippen LogP contribution in [0.1, 0.15) is 32.1 Å². The van der Waals surface area contributed by atoms with Gasteiger partial charge in [0.1, 0.15) is 11.3 Å². The third-order valence-corrected chi connectivity index (χ3v) is 5.28. The number of rotatable bonds is 3. The number of ether oxygens (including phenoxy) is 1. The standard InChI is InChI=1S/C19H24N2O/c1-2-12-21-13-5-8-16(17(21)9-1)14-22-18-10-3-6-15-7-4-11-20-19(15)18/h3-4,6-7,10-11,16-17H,1-2,5,8-9,12-14H2/t16-,17+/m0/s1. The van der Waals surface area contributed by atoms with Crippen LogP contribution < -0.4 is 4.74 Å². The molecule has 22 heavy (non-hydrogen) atoms. The molecule has 2 aromatic rings. The van der Waals surface area contributed by atoms with Gasteiger partial charge in [0.25, 0.3) is 0 Å². The number of para-hydroxylation sites is 1. The minimum Gasteiger partial charge on any atom is -0.491 e. The smallest absolute Gasteiger partial charge is 0.145 e. The van der Waals surface area contributed by atoms with Gasteiger partial charge in [-0.3, -0.25) is 9.88 Å². The molecule has 2 aliphatic rings. The number of nitrogens with zero attached hydrogens (tertiary/aromatic N) is 2. The van der Waals surface area contributed by atoms with Crippen LogP contribution in [0.3, 0.4) is 0 Å². The van der Waals surface area contributed by atoms with Crippen molar-refractivity contribution in [2.45, 2.75) is 38.1 Å². The van der Waals surface area contributed by atoms with Gasteiger partial charge in [0.2, 0.25) is 0 Å². The van der Waals surface area contributed by atoms with Gasteiger partial charge in [0.05, 0.1) is 6.61 Å². The van der Waals surface area contributed by atoms with Crippen molar-refractivity contribution in [2.75, 3.05) is 19.7 Å². The van der Waals surface area contributed by atoms with E-state index < -0.39 is 0 Å². The van der Waals surface area contributed by atoms with Crippen LogP contribution in [0.5, 0.6) is 5.75 Å². The topological polar surface area (TPSA) is 25.4 Å². The fourth-order valence-corrected chi connectivity index (χ4v) is 4.16. The van der Waals surface area contributed by atoms with Gasteiger partial charge in [-0.05, 0) is 50.9 Å². The summed E-state index contributed by atoms with van der Waals surface area (Å²) < 4.78 is 6.22. The molecule has 0 amide bonds. The van der Waals surface area contributed by atoms with E-state index in [1.165, 1.54) is 45.2 Å². The van der Waals surface area contributed by atoms with Crippen molar-refractivity contribution in [3.8, 4) is 5.75 Å². The van der Waals surface area contributed by atoms with Gasteiger partial charge in [0, 0.05) is 23.5 Å². The van der Waals surface area contributed by atoms with Gasteiger partial charge in [-0.2, -0.15) is 0 Å². The summed E-state index contributed by atoms with van der Waals surface area (Å²) in [4.78, 5) is 7.19. The van der Waals surface area contributed by atoms with E-state index in [4.69, 9.17) is 4.74 Å². The first-order valence-corrected chi connectivity index (χ1v) is 8.62. The monoisotopic (exact) mass is 296 g/mol. The lowest BCUT2D eigenvalue weighted by molar-refractivity contribution is 0.0368. The molecule has 3 heteroatoms. The highest BCUT2D eigenvalue weighted by atomic mass is 16.5. The fraction of sp³-hybridized carbons (Fsp3) is 0.526. The predicted octanol–water partition coefficient (Wildman–Crippen LogP) is 3.88. The number of aromatic nitrogens is 1. The van der Waals surface area contributed by atoms with Crippen molar-refractivity contribution < 1.29 is 4.74 Å². The largest absolute Gasteiger partial charge is 0.491 e. The van der Waals surface area contributed by atoms with Crippen LogP contribution in [-0.2, 0) is 0 Å². The SMILES string of the molecule is c1cnc2c(OC[C@@H]3CCCN4CCCC[C@H]34)cccc2c1. The summed E-state index contributed by atoms with van der Waals surface area (Å²) in [6.45, 7) is 3.41. The van der Waals surface area contributed by atoms with Crippen LogP contribution >= 0.6 is 0 Å². The molecule has 3 heterocycles. The molecule has 2 atom stereocenters. The Hall–Kier alpha value is -1.61. The molecule has 116 valence electrons. The first kappa shape index (κ1) is 14.0. The first-order chi connectivity index (χ1) is 10.9. The second-order valence-corrected chi connectivity index (χ2v) is 6.64. The van der Waals surface area contributed by atoms with Crippen LogP contribution in [0, 0.1) is 5.92 Å². The summed E-state index contributed by atoms with van der Waals surface area (Å²) in [6.07, 6.45) is 8.57. The van der Waals surface area contributed by atoms with E-state index in [2.05, 4.69) is 34.1 Å². The zero-order valence-corrected chi connectivity index (χ0v) is 13.1. The summed E-state index contributed by atoms with van der Waals surface area (Å²) >= 11 is 0. The fourth-order valence-electron chi connectivity index (χ4n) is 4.16. The number of fused-ring (bicyclic) bond motifs is 2. The molecule has 0 aliphatic carbocycles. The Morgan fingerprint density at radius 2 is 1.95 bits per heavy atom.